The summed E-state index contributed by atoms with van der Waals surface area (Å²) in [6.45, 7) is 4.33. The van der Waals surface area contributed by atoms with Gasteiger partial charge in [-0.15, -0.1) is 0 Å². The quantitative estimate of drug-likeness (QED) is 0.794. The van der Waals surface area contributed by atoms with E-state index in [1.165, 1.54) is 0 Å². The molecule has 3 rings (SSSR count). The first-order valence-corrected chi connectivity index (χ1v) is 7.23. The Morgan fingerprint density at radius 3 is 2.82 bits per heavy atom. The van der Waals surface area contributed by atoms with Gasteiger partial charge in [0.1, 0.15) is 5.65 Å². The topological polar surface area (TPSA) is 64.2 Å². The molecule has 3 aromatic heterocycles. The first-order valence-electron chi connectivity index (χ1n) is 7.23. The molecule has 0 aliphatic rings. The van der Waals surface area contributed by atoms with E-state index >= 15 is 0 Å². The number of hydrogen-bond donors (Lipinski definition) is 1. The summed E-state index contributed by atoms with van der Waals surface area (Å²) in [6.07, 6.45) is 4.21. The van der Waals surface area contributed by atoms with Gasteiger partial charge in [0.05, 0.1) is 24.4 Å². The van der Waals surface area contributed by atoms with E-state index in [2.05, 4.69) is 15.4 Å². The van der Waals surface area contributed by atoms with Gasteiger partial charge in [0, 0.05) is 30.7 Å². The van der Waals surface area contributed by atoms with Gasteiger partial charge in [-0.1, -0.05) is 6.07 Å². The number of amides is 1. The van der Waals surface area contributed by atoms with E-state index < -0.39 is 0 Å². The zero-order valence-corrected chi connectivity index (χ0v) is 13.0. The molecule has 0 radical (unpaired) electrons. The lowest BCUT2D eigenvalue weighted by Gasteiger charge is -2.04. The lowest BCUT2D eigenvalue weighted by Crippen LogP contribution is -2.25. The van der Waals surface area contributed by atoms with Gasteiger partial charge in [-0.25, -0.2) is 4.98 Å². The number of nitrogens with one attached hydrogen (secondary N) is 1. The second-order valence-electron chi connectivity index (χ2n) is 5.42. The van der Waals surface area contributed by atoms with E-state index in [0.29, 0.717) is 13.0 Å². The molecule has 1 N–H and O–H groups in total. The summed E-state index contributed by atoms with van der Waals surface area (Å²) in [4.78, 5) is 16.6. The molecule has 114 valence electrons. The number of carbonyl (C=O) groups is 1. The van der Waals surface area contributed by atoms with Crippen molar-refractivity contribution in [1.29, 1.82) is 0 Å². The van der Waals surface area contributed by atoms with Crippen molar-refractivity contribution in [3.05, 3.63) is 53.2 Å². The Kier molecular flexibility index (Phi) is 3.66. The van der Waals surface area contributed by atoms with E-state index in [1.807, 2.05) is 55.9 Å². The van der Waals surface area contributed by atoms with Crippen molar-refractivity contribution in [3.8, 4) is 0 Å². The molecule has 0 fully saturated rings. The molecule has 0 bridgehead atoms. The Labute approximate surface area is 128 Å². The van der Waals surface area contributed by atoms with Crippen LogP contribution < -0.4 is 5.32 Å². The van der Waals surface area contributed by atoms with Crippen molar-refractivity contribution in [1.82, 2.24) is 24.5 Å². The molecule has 0 aliphatic heterocycles. The number of nitrogens with zero attached hydrogens (tertiary/aromatic N) is 4. The van der Waals surface area contributed by atoms with Crippen molar-refractivity contribution in [2.24, 2.45) is 7.05 Å². The summed E-state index contributed by atoms with van der Waals surface area (Å²) in [6, 6.07) is 5.83. The van der Waals surface area contributed by atoms with Gasteiger partial charge < -0.3 is 9.72 Å². The van der Waals surface area contributed by atoms with Crippen LogP contribution in [0.2, 0.25) is 0 Å². The Bertz CT molecular complexity index is 797. The van der Waals surface area contributed by atoms with Crippen molar-refractivity contribution in [2.45, 2.75) is 26.8 Å². The highest BCUT2D eigenvalue weighted by molar-refractivity contribution is 5.79. The molecule has 0 saturated heterocycles. The number of rotatable bonds is 4. The summed E-state index contributed by atoms with van der Waals surface area (Å²) in [5.41, 5.74) is 4.66. The number of aromatic nitrogens is 4. The number of hydrogen-bond acceptors (Lipinski definition) is 3. The number of fused-ring (bicyclic) bond motifs is 1. The number of imidazole rings is 1. The summed E-state index contributed by atoms with van der Waals surface area (Å²) >= 11 is 0. The van der Waals surface area contributed by atoms with Crippen molar-refractivity contribution >= 4 is 11.6 Å². The average molecular weight is 297 g/mol. The van der Waals surface area contributed by atoms with Gasteiger partial charge in [-0.3, -0.25) is 9.48 Å². The molecule has 0 aromatic carbocycles. The lowest BCUT2D eigenvalue weighted by molar-refractivity contribution is -0.120. The average Bonchev–Trinajstić information content (AvgIpc) is 3.01. The van der Waals surface area contributed by atoms with Crippen LogP contribution in [0.1, 0.15) is 22.6 Å². The van der Waals surface area contributed by atoms with E-state index in [9.17, 15) is 4.79 Å². The zero-order valence-electron chi connectivity index (χ0n) is 13.0. The van der Waals surface area contributed by atoms with Crippen molar-refractivity contribution in [3.63, 3.8) is 0 Å². The molecule has 1 amide bonds. The third-order valence-corrected chi connectivity index (χ3v) is 3.88. The van der Waals surface area contributed by atoms with E-state index in [-0.39, 0.29) is 5.91 Å². The maximum absolute atomic E-state index is 12.1. The minimum atomic E-state index is -0.0174. The van der Waals surface area contributed by atoms with E-state index in [4.69, 9.17) is 0 Å². The van der Waals surface area contributed by atoms with Gasteiger partial charge in [-0.05, 0) is 26.0 Å². The lowest BCUT2D eigenvalue weighted by atomic mass is 10.1. The minimum absolute atomic E-state index is 0.0174. The molecule has 0 unspecified atom stereocenters. The van der Waals surface area contributed by atoms with Crippen LogP contribution in [-0.2, 0) is 24.8 Å². The number of pyridine rings is 1. The molecular weight excluding hydrogens is 278 g/mol. The molecule has 0 spiro atoms. The molecule has 22 heavy (non-hydrogen) atoms. The highest BCUT2D eigenvalue weighted by Crippen LogP contribution is 2.12. The van der Waals surface area contributed by atoms with Crippen LogP contribution in [0.5, 0.6) is 0 Å². The van der Waals surface area contributed by atoms with Gasteiger partial charge >= 0.3 is 0 Å². The second-order valence-corrected chi connectivity index (χ2v) is 5.42. The van der Waals surface area contributed by atoms with Gasteiger partial charge in [0.15, 0.2) is 0 Å². The fourth-order valence-corrected chi connectivity index (χ4v) is 2.56. The van der Waals surface area contributed by atoms with Crippen molar-refractivity contribution in [2.75, 3.05) is 0 Å². The maximum Gasteiger partial charge on any atom is 0.224 e. The predicted octanol–water partition coefficient (Wildman–Crippen LogP) is 1.54. The molecule has 3 aromatic rings. The Balaban J connectivity index is 1.64. The maximum atomic E-state index is 12.1. The van der Waals surface area contributed by atoms with Crippen LogP contribution in [0.15, 0.2) is 30.6 Å². The standard InChI is InChI=1S/C16H19N5O/c1-11-14(12(2)20(3)19-11)8-16(22)17-9-13-10-21-7-5-4-6-15(21)18-13/h4-7,10H,8-9H2,1-3H3,(H,17,22). The Morgan fingerprint density at radius 1 is 1.32 bits per heavy atom. The summed E-state index contributed by atoms with van der Waals surface area (Å²) in [5.74, 6) is -0.0174. The Hall–Kier alpha value is -2.63. The minimum Gasteiger partial charge on any atom is -0.350 e. The van der Waals surface area contributed by atoms with Crippen molar-refractivity contribution < 1.29 is 4.79 Å². The summed E-state index contributed by atoms with van der Waals surface area (Å²) < 4.78 is 3.75. The van der Waals surface area contributed by atoms with Crippen LogP contribution in [0.25, 0.3) is 5.65 Å². The molecular formula is C16H19N5O. The summed E-state index contributed by atoms with van der Waals surface area (Å²) in [5, 5.41) is 7.25. The van der Waals surface area contributed by atoms with E-state index in [0.717, 1.165) is 28.3 Å². The molecule has 6 heteroatoms. The Morgan fingerprint density at radius 2 is 2.14 bits per heavy atom. The number of aryl methyl sites for hydroxylation is 2. The van der Waals surface area contributed by atoms with Crippen LogP contribution in [0, 0.1) is 13.8 Å². The third-order valence-electron chi connectivity index (χ3n) is 3.88. The van der Waals surface area contributed by atoms with Gasteiger partial charge in [-0.2, -0.15) is 5.10 Å². The normalized spacial score (nSPS) is 11.0. The molecule has 0 saturated carbocycles. The van der Waals surface area contributed by atoms with Crippen LogP contribution in [-0.4, -0.2) is 25.1 Å². The summed E-state index contributed by atoms with van der Waals surface area (Å²) in [7, 11) is 1.89. The molecule has 0 aliphatic carbocycles. The smallest absolute Gasteiger partial charge is 0.224 e. The monoisotopic (exact) mass is 297 g/mol. The zero-order chi connectivity index (χ0) is 15.7. The number of carbonyl (C=O) groups excluding carboxylic acids is 1. The fraction of sp³-hybridized carbons (Fsp3) is 0.312. The SMILES string of the molecule is Cc1nn(C)c(C)c1CC(=O)NCc1cn2ccccc2n1. The van der Waals surface area contributed by atoms with Crippen LogP contribution >= 0.6 is 0 Å². The van der Waals surface area contributed by atoms with Crippen LogP contribution in [0.3, 0.4) is 0 Å². The fourth-order valence-electron chi connectivity index (χ4n) is 2.56. The largest absolute Gasteiger partial charge is 0.350 e. The van der Waals surface area contributed by atoms with Crippen LogP contribution in [0.4, 0.5) is 0 Å². The molecule has 6 nitrogen and oxygen atoms in total. The first kappa shape index (κ1) is 14.3. The van der Waals surface area contributed by atoms with Gasteiger partial charge in [0.2, 0.25) is 5.91 Å². The highest BCUT2D eigenvalue weighted by atomic mass is 16.1. The highest BCUT2D eigenvalue weighted by Gasteiger charge is 2.13. The molecule has 0 atom stereocenters. The predicted molar refractivity (Wildman–Crippen MR) is 83.4 cm³/mol. The molecule has 3 heterocycles. The first-order chi connectivity index (χ1) is 10.5. The van der Waals surface area contributed by atoms with E-state index in [1.54, 1.807) is 4.68 Å². The second kappa shape index (κ2) is 5.63. The third kappa shape index (κ3) is 2.72. The van der Waals surface area contributed by atoms with Gasteiger partial charge in [0.25, 0.3) is 0 Å².